The fourth-order valence-electron chi connectivity index (χ4n) is 7.97. The Bertz CT molecular complexity index is 1600. The molecule has 1 saturated carbocycles. The number of ether oxygens (including phenoxy) is 1. The smallest absolute Gasteiger partial charge is 0.410 e. The standard InChI is InChI=1S/C37H48FN5O4.2C2H6/c1-23(41(5)36(46)47-22-24-11-7-6-8-12-24)34(44)40-33(37(2,3)4)35(45)42-18-17-31-32(42)29(21-43(31)26-13-9-10-14-26)28-20-39-30-19-25(38)15-16-27(28)30;2*1-2/h6-8,11-12,15-16,19-20,23,26,29,31-33,39H,9-10,13-14,17-18,21-22H2,1-5H3,(H,40,44);2*1-2H3/t23-,29?,31?,32?,33?;;/m0../s1. The molecule has 1 aliphatic carbocycles. The van der Waals surface area contributed by atoms with Crippen LogP contribution in [-0.4, -0.2) is 87.9 Å². The van der Waals surface area contributed by atoms with Crippen LogP contribution in [0.1, 0.15) is 105 Å². The number of nitrogens with one attached hydrogen (secondary N) is 2. The van der Waals surface area contributed by atoms with Crippen LogP contribution in [0, 0.1) is 11.2 Å². The van der Waals surface area contributed by atoms with Gasteiger partial charge in [0.1, 0.15) is 24.5 Å². The van der Waals surface area contributed by atoms with Crippen LogP contribution >= 0.6 is 0 Å². The maximum Gasteiger partial charge on any atom is 0.410 e. The third-order valence-corrected chi connectivity index (χ3v) is 10.7. The molecule has 4 unspecified atom stereocenters. The third-order valence-electron chi connectivity index (χ3n) is 10.7. The molecule has 51 heavy (non-hydrogen) atoms. The van der Waals surface area contributed by atoms with E-state index in [1.54, 1.807) is 6.92 Å². The monoisotopic (exact) mass is 705 g/mol. The van der Waals surface area contributed by atoms with Gasteiger partial charge in [-0.1, -0.05) is 91.6 Å². The van der Waals surface area contributed by atoms with Crippen molar-refractivity contribution >= 4 is 28.8 Å². The number of aromatic nitrogens is 1. The molecule has 3 amide bonds. The molecule has 5 atom stereocenters. The van der Waals surface area contributed by atoms with Crippen molar-refractivity contribution in [2.24, 2.45) is 5.41 Å². The van der Waals surface area contributed by atoms with Gasteiger partial charge in [0.25, 0.3) is 0 Å². The Kier molecular flexibility index (Phi) is 13.7. The van der Waals surface area contributed by atoms with Gasteiger partial charge in [0.2, 0.25) is 11.8 Å². The fraction of sp³-hybridized carbons (Fsp3) is 0.585. The lowest BCUT2D eigenvalue weighted by atomic mass is 9.84. The molecule has 1 aromatic heterocycles. The number of rotatable bonds is 8. The Hall–Kier alpha value is -3.92. The van der Waals surface area contributed by atoms with Crippen molar-refractivity contribution in [2.75, 3.05) is 20.1 Å². The van der Waals surface area contributed by atoms with Crippen molar-refractivity contribution < 1.29 is 23.5 Å². The molecular formula is C41H60FN5O4. The van der Waals surface area contributed by atoms with E-state index in [9.17, 15) is 18.8 Å². The molecule has 0 radical (unpaired) electrons. The van der Waals surface area contributed by atoms with Crippen LogP contribution in [0.2, 0.25) is 0 Å². The van der Waals surface area contributed by atoms with Crippen LogP contribution < -0.4 is 5.32 Å². The minimum Gasteiger partial charge on any atom is -0.445 e. The molecule has 2 N–H and O–H groups in total. The minimum absolute atomic E-state index is 0.0482. The first-order valence-electron chi connectivity index (χ1n) is 19.0. The summed E-state index contributed by atoms with van der Waals surface area (Å²) >= 11 is 0. The number of nitrogens with zero attached hydrogens (tertiary/aromatic N) is 3. The second-order valence-electron chi connectivity index (χ2n) is 14.7. The molecule has 2 aliphatic heterocycles. The first-order chi connectivity index (χ1) is 24.4. The van der Waals surface area contributed by atoms with E-state index in [1.165, 1.54) is 49.8 Å². The van der Waals surface area contributed by atoms with Crippen molar-refractivity contribution in [1.29, 1.82) is 0 Å². The second kappa shape index (κ2) is 17.5. The van der Waals surface area contributed by atoms with E-state index in [1.807, 2.05) is 96.0 Å². The molecule has 3 fully saturated rings. The number of aromatic amines is 1. The van der Waals surface area contributed by atoms with Gasteiger partial charge in [0.15, 0.2) is 0 Å². The SMILES string of the molecule is CC.CC.C[C@@H](C(=O)NC(C(=O)N1CCC2C1C(c1c[nH]c3cc(F)ccc13)CN2C1CCCC1)C(C)(C)C)N(C)C(=O)OCc1ccccc1. The zero-order valence-corrected chi connectivity index (χ0v) is 32.2. The lowest BCUT2D eigenvalue weighted by Crippen LogP contribution is -2.59. The largest absolute Gasteiger partial charge is 0.445 e. The molecule has 9 nitrogen and oxygen atoms in total. The van der Waals surface area contributed by atoms with Crippen molar-refractivity contribution in [1.82, 2.24) is 25.0 Å². The Morgan fingerprint density at radius 3 is 2.33 bits per heavy atom. The number of likely N-dealkylation sites (tertiary alicyclic amines) is 2. The van der Waals surface area contributed by atoms with E-state index in [0.717, 1.165) is 35.0 Å². The third kappa shape index (κ3) is 8.76. The number of amides is 3. The quantitative estimate of drug-likeness (QED) is 0.249. The molecule has 280 valence electrons. The van der Waals surface area contributed by atoms with Gasteiger partial charge in [0.05, 0.1) is 6.04 Å². The number of H-pyrrole nitrogens is 1. The number of halogens is 1. The molecular weight excluding hydrogens is 645 g/mol. The van der Waals surface area contributed by atoms with Crippen LogP contribution in [0.3, 0.4) is 0 Å². The van der Waals surface area contributed by atoms with Crippen molar-refractivity contribution in [3.63, 3.8) is 0 Å². The molecule has 0 bridgehead atoms. The van der Waals surface area contributed by atoms with Crippen LogP contribution in [0.25, 0.3) is 10.9 Å². The summed E-state index contributed by atoms with van der Waals surface area (Å²) in [7, 11) is 1.53. The topological polar surface area (TPSA) is 98.0 Å². The van der Waals surface area contributed by atoms with Crippen LogP contribution in [-0.2, 0) is 20.9 Å². The summed E-state index contributed by atoms with van der Waals surface area (Å²) in [6, 6.07) is 13.2. The van der Waals surface area contributed by atoms with Gasteiger partial charge in [-0.3, -0.25) is 19.4 Å². The second-order valence-corrected chi connectivity index (χ2v) is 14.7. The Morgan fingerprint density at radius 2 is 1.69 bits per heavy atom. The maximum absolute atomic E-state index is 14.6. The first kappa shape index (κ1) is 39.9. The lowest BCUT2D eigenvalue weighted by molar-refractivity contribution is -0.141. The highest BCUT2D eigenvalue weighted by Crippen LogP contribution is 2.46. The molecule has 0 spiro atoms. The molecule has 3 aliphatic rings. The predicted molar refractivity (Wildman–Crippen MR) is 202 cm³/mol. The van der Waals surface area contributed by atoms with E-state index in [-0.39, 0.29) is 36.3 Å². The summed E-state index contributed by atoms with van der Waals surface area (Å²) in [5, 5.41) is 4.02. The predicted octanol–water partition coefficient (Wildman–Crippen LogP) is 7.86. The van der Waals surface area contributed by atoms with Crippen molar-refractivity contribution in [3.8, 4) is 0 Å². The van der Waals surface area contributed by atoms with Gasteiger partial charge in [-0.15, -0.1) is 0 Å². The normalized spacial score (nSPS) is 21.5. The number of hydrogen-bond acceptors (Lipinski definition) is 5. The highest BCUT2D eigenvalue weighted by atomic mass is 19.1. The number of carbonyl (C=O) groups is 3. The summed E-state index contributed by atoms with van der Waals surface area (Å²) < 4.78 is 19.5. The number of likely N-dealkylation sites (N-methyl/N-ethyl adjacent to an activating group) is 1. The molecule has 10 heteroatoms. The summed E-state index contributed by atoms with van der Waals surface area (Å²) in [4.78, 5) is 50.3. The van der Waals surface area contributed by atoms with E-state index in [2.05, 4.69) is 15.2 Å². The van der Waals surface area contributed by atoms with Gasteiger partial charge in [-0.25, -0.2) is 9.18 Å². The van der Waals surface area contributed by atoms with Gasteiger partial charge < -0.3 is 19.9 Å². The molecule has 2 saturated heterocycles. The fourth-order valence-corrected chi connectivity index (χ4v) is 7.97. The zero-order chi connectivity index (χ0) is 37.5. The van der Waals surface area contributed by atoms with E-state index < -0.39 is 29.5 Å². The summed E-state index contributed by atoms with van der Waals surface area (Å²) in [5.74, 6) is -0.757. The Balaban J connectivity index is 0.00000141. The highest BCUT2D eigenvalue weighted by Gasteiger charge is 2.54. The first-order valence-corrected chi connectivity index (χ1v) is 19.0. The van der Waals surface area contributed by atoms with Gasteiger partial charge in [-0.2, -0.15) is 0 Å². The van der Waals surface area contributed by atoms with E-state index in [0.29, 0.717) is 12.6 Å². The van der Waals surface area contributed by atoms with Crippen molar-refractivity contribution in [2.45, 2.75) is 130 Å². The summed E-state index contributed by atoms with van der Waals surface area (Å²) in [6.07, 6.45) is 7.04. The van der Waals surface area contributed by atoms with Crippen LogP contribution in [0.5, 0.6) is 0 Å². The van der Waals surface area contributed by atoms with E-state index >= 15 is 0 Å². The maximum atomic E-state index is 14.6. The van der Waals surface area contributed by atoms with Crippen LogP contribution in [0.4, 0.5) is 9.18 Å². The average Bonchev–Trinajstić information content (AvgIpc) is 3.95. The van der Waals surface area contributed by atoms with Gasteiger partial charge in [-0.05, 0) is 60.9 Å². The lowest BCUT2D eigenvalue weighted by Gasteiger charge is -2.38. The van der Waals surface area contributed by atoms with Gasteiger partial charge in [0, 0.05) is 55.2 Å². The van der Waals surface area contributed by atoms with Crippen molar-refractivity contribution in [3.05, 3.63) is 71.7 Å². The number of fused-ring (bicyclic) bond motifs is 2. The van der Waals surface area contributed by atoms with E-state index in [4.69, 9.17) is 4.74 Å². The zero-order valence-electron chi connectivity index (χ0n) is 32.2. The highest BCUT2D eigenvalue weighted by molar-refractivity contribution is 5.92. The van der Waals surface area contributed by atoms with Gasteiger partial charge >= 0.3 is 6.09 Å². The minimum atomic E-state index is -0.856. The number of carbonyl (C=O) groups excluding carboxylic acids is 3. The molecule has 2 aromatic carbocycles. The molecule has 6 rings (SSSR count). The Labute approximate surface area is 304 Å². The average molecular weight is 706 g/mol. The Morgan fingerprint density at radius 1 is 1.02 bits per heavy atom. The molecule has 3 aromatic rings. The summed E-state index contributed by atoms with van der Waals surface area (Å²) in [5.41, 5.74) is 2.13. The summed E-state index contributed by atoms with van der Waals surface area (Å²) in [6.45, 7) is 17.1. The molecule has 3 heterocycles. The van der Waals surface area contributed by atoms with Crippen LogP contribution in [0.15, 0.2) is 54.7 Å². The number of hydrogen-bond donors (Lipinski definition) is 2. The number of benzene rings is 2.